The number of benzene rings is 2. The van der Waals surface area contributed by atoms with Gasteiger partial charge in [0, 0.05) is 44.7 Å². The summed E-state index contributed by atoms with van der Waals surface area (Å²) in [5.74, 6) is -0.976. The molecule has 0 radical (unpaired) electrons. The number of amides is 2. The smallest absolute Gasteiger partial charge is 0.254 e. The van der Waals surface area contributed by atoms with Crippen molar-refractivity contribution >= 4 is 39.1 Å². The lowest BCUT2D eigenvalue weighted by Crippen LogP contribution is -2.48. The SMILES string of the molecule is O=C(c1ccc(Cl)c(N2C(=O)CCS2(=O)=O)c1)N1CCN(Cc2ccccc2)CC1. The lowest BCUT2D eigenvalue weighted by Gasteiger charge is -2.35. The van der Waals surface area contributed by atoms with Crippen molar-refractivity contribution in [1.82, 2.24) is 9.80 Å². The molecular weight excluding hydrogens is 426 g/mol. The number of sulfonamides is 1. The Hall–Kier alpha value is -2.42. The van der Waals surface area contributed by atoms with Gasteiger partial charge in [-0.2, -0.15) is 0 Å². The van der Waals surface area contributed by atoms with E-state index in [9.17, 15) is 18.0 Å². The second kappa shape index (κ2) is 8.37. The second-order valence-electron chi connectivity index (χ2n) is 7.44. The van der Waals surface area contributed by atoms with Crippen LogP contribution >= 0.6 is 11.6 Å². The van der Waals surface area contributed by atoms with Crippen molar-refractivity contribution in [3.8, 4) is 0 Å². The third-order valence-electron chi connectivity index (χ3n) is 5.40. The predicted molar refractivity (Wildman–Crippen MR) is 115 cm³/mol. The van der Waals surface area contributed by atoms with Crippen LogP contribution in [0.3, 0.4) is 0 Å². The molecule has 0 atom stereocenters. The highest BCUT2D eigenvalue weighted by atomic mass is 35.5. The maximum Gasteiger partial charge on any atom is 0.254 e. The summed E-state index contributed by atoms with van der Waals surface area (Å²) < 4.78 is 25.2. The maximum atomic E-state index is 13.0. The minimum atomic E-state index is -3.75. The highest BCUT2D eigenvalue weighted by Crippen LogP contribution is 2.33. The number of rotatable bonds is 4. The zero-order chi connectivity index (χ0) is 21.3. The van der Waals surface area contributed by atoms with Gasteiger partial charge in [0.1, 0.15) is 0 Å². The van der Waals surface area contributed by atoms with Crippen molar-refractivity contribution in [3.05, 3.63) is 64.7 Å². The standard InChI is InChI=1S/C21H22ClN3O4S/c22-18-7-6-17(14-19(18)25-20(26)8-13-30(25,28)29)21(27)24-11-9-23(10-12-24)15-16-4-2-1-3-5-16/h1-7,14H,8-13,15H2. The van der Waals surface area contributed by atoms with Gasteiger partial charge >= 0.3 is 0 Å². The van der Waals surface area contributed by atoms with Crippen LogP contribution in [0.2, 0.25) is 5.02 Å². The van der Waals surface area contributed by atoms with Crippen LogP contribution in [0, 0.1) is 0 Å². The van der Waals surface area contributed by atoms with E-state index in [1.54, 1.807) is 11.0 Å². The van der Waals surface area contributed by atoms with E-state index in [0.29, 0.717) is 18.7 Å². The topological polar surface area (TPSA) is 78.0 Å². The maximum absolute atomic E-state index is 13.0. The Bertz CT molecular complexity index is 1070. The Labute approximate surface area is 180 Å². The van der Waals surface area contributed by atoms with Crippen LogP contribution in [0.4, 0.5) is 5.69 Å². The Balaban J connectivity index is 1.46. The van der Waals surface area contributed by atoms with Gasteiger partial charge in [0.05, 0.1) is 16.5 Å². The van der Waals surface area contributed by atoms with Crippen LogP contribution in [-0.2, 0) is 21.4 Å². The molecule has 7 nitrogen and oxygen atoms in total. The summed E-state index contributed by atoms with van der Waals surface area (Å²) in [5, 5.41) is 0.123. The lowest BCUT2D eigenvalue weighted by atomic mass is 10.1. The van der Waals surface area contributed by atoms with Crippen LogP contribution in [0.15, 0.2) is 48.5 Å². The van der Waals surface area contributed by atoms with E-state index >= 15 is 0 Å². The molecule has 2 aromatic carbocycles. The van der Waals surface area contributed by atoms with Gasteiger partial charge in [0.25, 0.3) is 5.91 Å². The fourth-order valence-electron chi connectivity index (χ4n) is 3.78. The first-order chi connectivity index (χ1) is 14.3. The average molecular weight is 448 g/mol. The molecule has 2 fully saturated rings. The first-order valence-electron chi connectivity index (χ1n) is 9.76. The summed E-state index contributed by atoms with van der Waals surface area (Å²) in [6.07, 6.45) is -0.0831. The molecule has 0 N–H and O–H groups in total. The minimum absolute atomic E-state index is 0.0488. The summed E-state index contributed by atoms with van der Waals surface area (Å²) >= 11 is 6.17. The summed E-state index contributed by atoms with van der Waals surface area (Å²) in [4.78, 5) is 29.1. The molecule has 0 aromatic heterocycles. The molecule has 0 saturated carbocycles. The normalized spacial score (nSPS) is 19.3. The first kappa shape index (κ1) is 20.8. The molecule has 4 rings (SSSR count). The van der Waals surface area contributed by atoms with Gasteiger partial charge in [-0.15, -0.1) is 0 Å². The number of halogens is 1. The number of carbonyl (C=O) groups excluding carboxylic acids is 2. The molecule has 9 heteroatoms. The van der Waals surface area contributed by atoms with Crippen molar-refractivity contribution < 1.29 is 18.0 Å². The van der Waals surface area contributed by atoms with E-state index in [1.165, 1.54) is 17.7 Å². The Morgan fingerprint density at radius 1 is 1.00 bits per heavy atom. The molecule has 2 aliphatic rings. The van der Waals surface area contributed by atoms with Crippen molar-refractivity contribution in [2.45, 2.75) is 13.0 Å². The summed E-state index contributed by atoms with van der Waals surface area (Å²) in [5.41, 5.74) is 1.60. The van der Waals surface area contributed by atoms with Gasteiger partial charge in [-0.25, -0.2) is 12.7 Å². The number of hydrogen-bond donors (Lipinski definition) is 0. The molecule has 0 spiro atoms. The van der Waals surface area contributed by atoms with E-state index in [2.05, 4.69) is 17.0 Å². The van der Waals surface area contributed by atoms with Crippen LogP contribution in [-0.4, -0.2) is 62.0 Å². The second-order valence-corrected chi connectivity index (χ2v) is 9.79. The van der Waals surface area contributed by atoms with E-state index in [1.807, 2.05) is 18.2 Å². The van der Waals surface area contributed by atoms with Gasteiger partial charge in [-0.1, -0.05) is 41.9 Å². The summed E-state index contributed by atoms with van der Waals surface area (Å²) in [7, 11) is -3.75. The molecule has 2 aromatic rings. The highest BCUT2D eigenvalue weighted by Gasteiger charge is 2.38. The molecular formula is C21H22ClN3O4S. The van der Waals surface area contributed by atoms with E-state index in [4.69, 9.17) is 11.6 Å². The van der Waals surface area contributed by atoms with E-state index < -0.39 is 15.9 Å². The Morgan fingerprint density at radius 2 is 1.70 bits per heavy atom. The van der Waals surface area contributed by atoms with Crippen LogP contribution in [0.5, 0.6) is 0 Å². The number of carbonyl (C=O) groups is 2. The van der Waals surface area contributed by atoms with Crippen LogP contribution < -0.4 is 4.31 Å². The third kappa shape index (κ3) is 4.21. The van der Waals surface area contributed by atoms with Gasteiger partial charge in [-0.3, -0.25) is 14.5 Å². The zero-order valence-corrected chi connectivity index (χ0v) is 17.9. The first-order valence-corrected chi connectivity index (χ1v) is 11.7. The molecule has 0 bridgehead atoms. The summed E-state index contributed by atoms with van der Waals surface area (Å²) in [6, 6.07) is 14.6. The quantitative estimate of drug-likeness (QED) is 0.719. The predicted octanol–water partition coefficient (Wildman–Crippen LogP) is 2.36. The van der Waals surface area contributed by atoms with Gasteiger partial charge < -0.3 is 4.90 Å². The van der Waals surface area contributed by atoms with Gasteiger partial charge in [0.15, 0.2) is 0 Å². The monoisotopic (exact) mass is 447 g/mol. The van der Waals surface area contributed by atoms with Gasteiger partial charge in [0.2, 0.25) is 15.9 Å². The number of hydrogen-bond acceptors (Lipinski definition) is 5. The van der Waals surface area contributed by atoms with Crippen molar-refractivity contribution in [2.24, 2.45) is 0 Å². The molecule has 2 saturated heterocycles. The third-order valence-corrected chi connectivity index (χ3v) is 7.40. The molecule has 0 unspecified atom stereocenters. The minimum Gasteiger partial charge on any atom is -0.336 e. The number of anilines is 1. The largest absolute Gasteiger partial charge is 0.336 e. The molecule has 30 heavy (non-hydrogen) atoms. The Morgan fingerprint density at radius 3 is 2.33 bits per heavy atom. The fourth-order valence-corrected chi connectivity index (χ4v) is 5.50. The van der Waals surface area contributed by atoms with E-state index in [-0.39, 0.29) is 28.8 Å². The molecule has 2 amide bonds. The highest BCUT2D eigenvalue weighted by molar-refractivity contribution is 7.94. The van der Waals surface area contributed by atoms with Crippen molar-refractivity contribution in [1.29, 1.82) is 0 Å². The van der Waals surface area contributed by atoms with Crippen molar-refractivity contribution in [2.75, 3.05) is 36.2 Å². The lowest BCUT2D eigenvalue weighted by molar-refractivity contribution is -0.116. The molecule has 2 heterocycles. The Kier molecular flexibility index (Phi) is 5.81. The average Bonchev–Trinajstić information content (AvgIpc) is 3.02. The van der Waals surface area contributed by atoms with Gasteiger partial charge in [-0.05, 0) is 23.8 Å². The number of nitrogens with zero attached hydrogens (tertiary/aromatic N) is 3. The molecule has 0 aliphatic carbocycles. The summed E-state index contributed by atoms with van der Waals surface area (Å²) in [6.45, 7) is 3.48. The molecule has 2 aliphatic heterocycles. The van der Waals surface area contributed by atoms with Crippen LogP contribution in [0.1, 0.15) is 22.3 Å². The fraction of sp³-hybridized carbons (Fsp3) is 0.333. The zero-order valence-electron chi connectivity index (χ0n) is 16.3. The van der Waals surface area contributed by atoms with Crippen molar-refractivity contribution in [3.63, 3.8) is 0 Å². The molecule has 158 valence electrons. The van der Waals surface area contributed by atoms with Crippen LogP contribution in [0.25, 0.3) is 0 Å². The number of piperazine rings is 1. The van der Waals surface area contributed by atoms with E-state index in [0.717, 1.165) is 23.9 Å².